The second-order valence-corrected chi connectivity index (χ2v) is 3.89. The molecule has 3 heteroatoms. The first-order valence-corrected chi connectivity index (χ1v) is 4.96. The minimum atomic E-state index is -0.810. The van der Waals surface area contributed by atoms with E-state index in [9.17, 15) is 4.79 Å². The first-order chi connectivity index (χ1) is 6.93. The van der Waals surface area contributed by atoms with Gasteiger partial charge >= 0.3 is 5.97 Å². The van der Waals surface area contributed by atoms with E-state index in [-0.39, 0.29) is 0 Å². The molecule has 0 spiro atoms. The Morgan fingerprint density at radius 2 is 1.93 bits per heavy atom. The molecule has 1 N–H and O–H groups in total. The second kappa shape index (κ2) is 4.34. The first-order valence-electron chi connectivity index (χ1n) is 4.96. The van der Waals surface area contributed by atoms with Gasteiger partial charge in [-0.15, -0.1) is 0 Å². The lowest BCUT2D eigenvalue weighted by Crippen LogP contribution is -2.35. The minimum absolute atomic E-state index is 0.507. The number of rotatable bonds is 3. The zero-order chi connectivity index (χ0) is 11.6. The highest BCUT2D eigenvalue weighted by molar-refractivity contribution is 5.77. The van der Waals surface area contributed by atoms with Crippen LogP contribution in [0.5, 0.6) is 0 Å². The fourth-order valence-electron chi connectivity index (χ4n) is 1.33. The molecule has 0 saturated carbocycles. The summed E-state index contributed by atoms with van der Waals surface area (Å²) in [5.74, 6) is -0.810. The Balaban J connectivity index is 2.96. The van der Waals surface area contributed by atoms with Crippen LogP contribution in [-0.4, -0.2) is 24.2 Å². The number of hydrogen-bond donors (Lipinski definition) is 1. The van der Waals surface area contributed by atoms with E-state index in [0.29, 0.717) is 0 Å². The largest absolute Gasteiger partial charge is 0.480 e. The van der Waals surface area contributed by atoms with Gasteiger partial charge in [0.05, 0.1) is 0 Å². The lowest BCUT2D eigenvalue weighted by molar-refractivity contribution is -0.138. The second-order valence-electron chi connectivity index (χ2n) is 3.89. The molecule has 15 heavy (non-hydrogen) atoms. The fourth-order valence-corrected chi connectivity index (χ4v) is 1.33. The molecule has 0 radical (unpaired) electrons. The van der Waals surface area contributed by atoms with E-state index in [2.05, 4.69) is 0 Å². The van der Waals surface area contributed by atoms with Gasteiger partial charge in [-0.3, -0.25) is 0 Å². The average Bonchev–Trinajstić information content (AvgIpc) is 2.19. The third kappa shape index (κ3) is 2.49. The number of nitrogens with zero attached hydrogens (tertiary/aromatic N) is 1. The Morgan fingerprint density at radius 1 is 1.33 bits per heavy atom. The number of carboxylic acids is 1. The van der Waals surface area contributed by atoms with Crippen molar-refractivity contribution in [1.82, 2.24) is 0 Å². The molecule has 0 aromatic heterocycles. The van der Waals surface area contributed by atoms with Crippen LogP contribution in [0.4, 0.5) is 5.69 Å². The number of hydrogen-bond acceptors (Lipinski definition) is 2. The zero-order valence-electron chi connectivity index (χ0n) is 9.61. The van der Waals surface area contributed by atoms with Gasteiger partial charge in [-0.05, 0) is 44.0 Å². The molecule has 0 aliphatic carbocycles. The fraction of sp³-hybridized carbons (Fsp3) is 0.417. The van der Waals surface area contributed by atoms with E-state index in [4.69, 9.17) is 5.11 Å². The van der Waals surface area contributed by atoms with Gasteiger partial charge in [0.15, 0.2) is 0 Å². The van der Waals surface area contributed by atoms with Crippen LogP contribution in [0.3, 0.4) is 0 Å². The molecule has 1 rings (SSSR count). The van der Waals surface area contributed by atoms with Crippen LogP contribution in [0.25, 0.3) is 0 Å². The van der Waals surface area contributed by atoms with Crippen molar-refractivity contribution in [2.45, 2.75) is 26.8 Å². The maximum Gasteiger partial charge on any atom is 0.326 e. The molecular weight excluding hydrogens is 190 g/mol. The number of benzene rings is 1. The van der Waals surface area contributed by atoms with Gasteiger partial charge in [0.2, 0.25) is 0 Å². The third-order valence-electron chi connectivity index (χ3n) is 2.84. The summed E-state index contributed by atoms with van der Waals surface area (Å²) in [5, 5.41) is 8.90. The van der Waals surface area contributed by atoms with Gasteiger partial charge in [-0.2, -0.15) is 0 Å². The molecule has 0 aliphatic heterocycles. The molecular formula is C12H17NO2. The van der Waals surface area contributed by atoms with Crippen molar-refractivity contribution >= 4 is 11.7 Å². The molecule has 0 bridgehead atoms. The highest BCUT2D eigenvalue weighted by Gasteiger charge is 2.17. The van der Waals surface area contributed by atoms with Crippen LogP contribution >= 0.6 is 0 Å². The summed E-state index contributed by atoms with van der Waals surface area (Å²) in [6, 6.07) is 5.46. The Labute approximate surface area is 90.3 Å². The Morgan fingerprint density at radius 3 is 2.40 bits per heavy atom. The van der Waals surface area contributed by atoms with E-state index in [1.807, 2.05) is 32.0 Å². The number of carboxylic acid groups (broad SMARTS) is 1. The lowest BCUT2D eigenvalue weighted by Gasteiger charge is -2.24. The van der Waals surface area contributed by atoms with Gasteiger partial charge in [0, 0.05) is 12.7 Å². The summed E-state index contributed by atoms with van der Waals surface area (Å²) < 4.78 is 0. The molecule has 0 heterocycles. The maximum atomic E-state index is 10.8. The zero-order valence-corrected chi connectivity index (χ0v) is 9.61. The van der Waals surface area contributed by atoms with Gasteiger partial charge < -0.3 is 10.0 Å². The molecule has 3 nitrogen and oxygen atoms in total. The van der Waals surface area contributed by atoms with Crippen LogP contribution in [-0.2, 0) is 4.79 Å². The number of likely N-dealkylation sites (N-methyl/N-ethyl adjacent to an activating group) is 1. The van der Waals surface area contributed by atoms with Crippen LogP contribution in [0.15, 0.2) is 18.2 Å². The van der Waals surface area contributed by atoms with Crippen molar-refractivity contribution in [3.8, 4) is 0 Å². The van der Waals surface area contributed by atoms with Gasteiger partial charge in [-0.1, -0.05) is 6.07 Å². The summed E-state index contributed by atoms with van der Waals surface area (Å²) in [6.07, 6.45) is 0. The smallest absolute Gasteiger partial charge is 0.326 e. The molecule has 1 aromatic carbocycles. The summed E-state index contributed by atoms with van der Waals surface area (Å²) in [6.45, 7) is 5.75. The van der Waals surface area contributed by atoms with Crippen molar-refractivity contribution in [2.24, 2.45) is 0 Å². The quantitative estimate of drug-likeness (QED) is 0.826. The first kappa shape index (κ1) is 11.6. The van der Waals surface area contributed by atoms with Crippen LogP contribution in [0.2, 0.25) is 0 Å². The Bertz CT molecular complexity index is 374. The predicted octanol–water partition coefficient (Wildman–Crippen LogP) is 2.21. The average molecular weight is 207 g/mol. The number of anilines is 1. The van der Waals surface area contributed by atoms with E-state index >= 15 is 0 Å². The number of aliphatic carboxylic acids is 1. The highest BCUT2D eigenvalue weighted by atomic mass is 16.4. The molecule has 0 saturated heterocycles. The molecule has 0 fully saturated rings. The standard InChI is InChI=1S/C12H17NO2/c1-8-5-6-11(7-9(8)2)13(4)10(3)12(14)15/h5-7,10H,1-4H3,(H,14,15)/t10-/m0/s1. The van der Waals surface area contributed by atoms with E-state index in [1.54, 1.807) is 18.9 Å². The van der Waals surface area contributed by atoms with Crippen molar-refractivity contribution in [3.63, 3.8) is 0 Å². The highest BCUT2D eigenvalue weighted by Crippen LogP contribution is 2.19. The van der Waals surface area contributed by atoms with E-state index < -0.39 is 12.0 Å². The third-order valence-corrected chi connectivity index (χ3v) is 2.84. The SMILES string of the molecule is Cc1ccc(N(C)[C@@H](C)C(=O)O)cc1C. The molecule has 0 unspecified atom stereocenters. The van der Waals surface area contributed by atoms with Gasteiger partial charge in [-0.25, -0.2) is 4.79 Å². The summed E-state index contributed by atoms with van der Waals surface area (Å²) in [4.78, 5) is 12.6. The molecule has 82 valence electrons. The normalized spacial score (nSPS) is 12.3. The number of aryl methyl sites for hydroxylation is 2. The molecule has 1 aromatic rings. The summed E-state index contributed by atoms with van der Waals surface area (Å²) in [7, 11) is 1.79. The maximum absolute atomic E-state index is 10.8. The summed E-state index contributed by atoms with van der Waals surface area (Å²) >= 11 is 0. The van der Waals surface area contributed by atoms with Crippen LogP contribution in [0.1, 0.15) is 18.1 Å². The molecule has 0 amide bonds. The topological polar surface area (TPSA) is 40.5 Å². The van der Waals surface area contributed by atoms with Crippen molar-refractivity contribution < 1.29 is 9.90 Å². The predicted molar refractivity (Wildman–Crippen MR) is 61.4 cm³/mol. The van der Waals surface area contributed by atoms with Gasteiger partial charge in [0.25, 0.3) is 0 Å². The van der Waals surface area contributed by atoms with E-state index in [0.717, 1.165) is 5.69 Å². The van der Waals surface area contributed by atoms with Crippen molar-refractivity contribution in [2.75, 3.05) is 11.9 Å². The van der Waals surface area contributed by atoms with Crippen LogP contribution < -0.4 is 4.90 Å². The van der Waals surface area contributed by atoms with Gasteiger partial charge in [0.1, 0.15) is 6.04 Å². The molecule has 0 aliphatic rings. The lowest BCUT2D eigenvalue weighted by atomic mass is 10.1. The van der Waals surface area contributed by atoms with E-state index in [1.165, 1.54) is 11.1 Å². The minimum Gasteiger partial charge on any atom is -0.480 e. The Kier molecular flexibility index (Phi) is 3.35. The van der Waals surface area contributed by atoms with Crippen LogP contribution in [0, 0.1) is 13.8 Å². The number of carbonyl (C=O) groups is 1. The Hall–Kier alpha value is -1.51. The molecule has 1 atom stereocenters. The van der Waals surface area contributed by atoms with Crippen molar-refractivity contribution in [1.29, 1.82) is 0 Å². The summed E-state index contributed by atoms with van der Waals surface area (Å²) in [5.41, 5.74) is 3.33. The monoisotopic (exact) mass is 207 g/mol. The van der Waals surface area contributed by atoms with Crippen molar-refractivity contribution in [3.05, 3.63) is 29.3 Å².